The van der Waals surface area contributed by atoms with E-state index in [1.807, 2.05) is 12.4 Å². The Morgan fingerprint density at radius 2 is 1.67 bits per heavy atom. The Morgan fingerprint density at radius 1 is 0.933 bits per heavy atom. The monoisotopic (exact) mass is 199 g/mol. The fraction of sp³-hybridized carbons (Fsp3) is 0. The molecule has 73 valence electrons. The fourth-order valence-corrected chi connectivity index (χ4v) is 1.40. The van der Waals surface area contributed by atoms with Crippen molar-refractivity contribution >= 4 is 6.29 Å². The van der Waals surface area contributed by atoms with Crippen molar-refractivity contribution in [1.29, 1.82) is 0 Å². The van der Waals surface area contributed by atoms with E-state index < -0.39 is 0 Å². The first-order valence-electron chi connectivity index (χ1n) is 4.54. The van der Waals surface area contributed by atoms with Gasteiger partial charge in [0.2, 0.25) is 6.29 Å². The van der Waals surface area contributed by atoms with E-state index in [4.69, 9.17) is 0 Å². The average Bonchev–Trinajstić information content (AvgIpc) is 2.30. The van der Waals surface area contributed by atoms with Crippen molar-refractivity contribution in [3.8, 4) is 11.1 Å². The lowest BCUT2D eigenvalue weighted by atomic mass is 10.0. The van der Waals surface area contributed by atoms with Gasteiger partial charge in [0.05, 0.1) is 0 Å². The molecule has 2 rings (SSSR count). The van der Waals surface area contributed by atoms with Crippen LogP contribution in [-0.4, -0.2) is 6.29 Å². The van der Waals surface area contributed by atoms with Crippen LogP contribution >= 0.6 is 0 Å². The van der Waals surface area contributed by atoms with Gasteiger partial charge in [-0.05, 0) is 29.3 Å². The van der Waals surface area contributed by atoms with E-state index >= 15 is 0 Å². The van der Waals surface area contributed by atoms with Crippen LogP contribution in [0.2, 0.25) is 0 Å². The molecule has 0 heterocycles. The molecule has 0 amide bonds. The van der Waals surface area contributed by atoms with Gasteiger partial charge in [-0.2, -0.15) is 0 Å². The molecule has 1 nitrogen and oxygen atoms in total. The van der Waals surface area contributed by atoms with Gasteiger partial charge in [-0.25, -0.2) is 4.39 Å². The summed E-state index contributed by atoms with van der Waals surface area (Å²) in [5, 5.41) is 0. The average molecular weight is 199 g/mol. The van der Waals surface area contributed by atoms with Gasteiger partial charge in [-0.1, -0.05) is 30.3 Å². The maximum absolute atomic E-state index is 12.7. The third-order valence-corrected chi connectivity index (χ3v) is 2.16. The number of carbonyl (C=O) groups excluding carboxylic acids is 1. The second kappa shape index (κ2) is 4.05. The van der Waals surface area contributed by atoms with Crippen LogP contribution in [0.5, 0.6) is 0 Å². The van der Waals surface area contributed by atoms with Crippen LogP contribution in [0.1, 0.15) is 5.56 Å². The molecule has 1 radical (unpaired) electrons. The molecule has 15 heavy (non-hydrogen) atoms. The van der Waals surface area contributed by atoms with Crippen molar-refractivity contribution in [2.45, 2.75) is 0 Å². The molecule has 2 aromatic carbocycles. The maximum atomic E-state index is 12.7. The lowest BCUT2D eigenvalue weighted by Gasteiger charge is -2.01. The van der Waals surface area contributed by atoms with E-state index in [0.717, 1.165) is 11.1 Å². The first kappa shape index (κ1) is 9.59. The summed E-state index contributed by atoms with van der Waals surface area (Å²) in [5.74, 6) is -0.267. The van der Waals surface area contributed by atoms with Crippen LogP contribution < -0.4 is 0 Å². The number of halogens is 1. The highest BCUT2D eigenvalue weighted by Crippen LogP contribution is 2.19. The van der Waals surface area contributed by atoms with E-state index in [0.29, 0.717) is 5.56 Å². The van der Waals surface area contributed by atoms with Gasteiger partial charge in [0.1, 0.15) is 5.82 Å². The van der Waals surface area contributed by atoms with Crippen molar-refractivity contribution in [1.82, 2.24) is 0 Å². The Labute approximate surface area is 87.2 Å². The van der Waals surface area contributed by atoms with Gasteiger partial charge in [0.25, 0.3) is 0 Å². The molecule has 0 spiro atoms. The van der Waals surface area contributed by atoms with Crippen LogP contribution in [0.4, 0.5) is 4.39 Å². The summed E-state index contributed by atoms with van der Waals surface area (Å²) in [6, 6.07) is 13.2. The van der Waals surface area contributed by atoms with Crippen molar-refractivity contribution in [3.05, 3.63) is 59.9 Å². The van der Waals surface area contributed by atoms with Crippen LogP contribution in [-0.2, 0) is 4.79 Å². The standard InChI is InChI=1S/C13H8FO/c14-13-6-4-11(5-7-13)12-3-1-2-10(8-12)9-15/h1-8H. The predicted octanol–water partition coefficient (Wildman–Crippen LogP) is 2.95. The van der Waals surface area contributed by atoms with Crippen LogP contribution in [0.25, 0.3) is 11.1 Å². The zero-order valence-corrected chi connectivity index (χ0v) is 7.91. The van der Waals surface area contributed by atoms with Crippen molar-refractivity contribution in [2.75, 3.05) is 0 Å². The van der Waals surface area contributed by atoms with Crippen molar-refractivity contribution in [2.24, 2.45) is 0 Å². The first-order valence-corrected chi connectivity index (χ1v) is 4.54. The summed E-state index contributed by atoms with van der Waals surface area (Å²) in [5.41, 5.74) is 2.26. The third-order valence-electron chi connectivity index (χ3n) is 2.16. The minimum absolute atomic E-state index is 0.267. The van der Waals surface area contributed by atoms with Gasteiger partial charge >= 0.3 is 0 Å². The summed E-state index contributed by atoms with van der Waals surface area (Å²) in [6.07, 6.45) is 1.82. The molecule has 0 aromatic heterocycles. The molecule has 0 N–H and O–H groups in total. The Bertz CT molecular complexity index is 474. The maximum Gasteiger partial charge on any atom is 0.233 e. The molecule has 0 aliphatic rings. The number of hydrogen-bond donors (Lipinski definition) is 0. The molecule has 0 fully saturated rings. The van der Waals surface area contributed by atoms with E-state index in [-0.39, 0.29) is 5.82 Å². The number of hydrogen-bond acceptors (Lipinski definition) is 1. The minimum Gasteiger partial charge on any atom is -0.285 e. The van der Waals surface area contributed by atoms with E-state index in [1.165, 1.54) is 12.1 Å². The van der Waals surface area contributed by atoms with Gasteiger partial charge in [-0.15, -0.1) is 0 Å². The van der Waals surface area contributed by atoms with Gasteiger partial charge < -0.3 is 0 Å². The molecule has 0 saturated heterocycles. The largest absolute Gasteiger partial charge is 0.285 e. The fourth-order valence-electron chi connectivity index (χ4n) is 1.40. The van der Waals surface area contributed by atoms with Crippen LogP contribution in [0.15, 0.2) is 48.5 Å². The van der Waals surface area contributed by atoms with Gasteiger partial charge in [0, 0.05) is 5.56 Å². The second-order valence-corrected chi connectivity index (χ2v) is 3.19. The SMILES string of the molecule is O=[C]c1cccc(-c2ccc(F)cc2)c1. The molecule has 0 aliphatic heterocycles. The zero-order chi connectivity index (χ0) is 10.7. The van der Waals surface area contributed by atoms with Gasteiger partial charge in [-0.3, -0.25) is 4.79 Å². The predicted molar refractivity (Wildman–Crippen MR) is 56.6 cm³/mol. The van der Waals surface area contributed by atoms with E-state index in [2.05, 4.69) is 0 Å². The molecule has 0 unspecified atom stereocenters. The third kappa shape index (κ3) is 2.10. The molecular formula is C13H8FO. The Balaban J connectivity index is 2.44. The molecule has 0 bridgehead atoms. The normalized spacial score (nSPS) is 9.93. The Morgan fingerprint density at radius 3 is 2.33 bits per heavy atom. The summed E-state index contributed by atoms with van der Waals surface area (Å²) in [4.78, 5) is 10.5. The van der Waals surface area contributed by atoms with Crippen molar-refractivity contribution in [3.63, 3.8) is 0 Å². The molecule has 2 heteroatoms. The lowest BCUT2D eigenvalue weighted by Crippen LogP contribution is -1.83. The topological polar surface area (TPSA) is 17.1 Å². The molecular weight excluding hydrogens is 191 g/mol. The summed E-state index contributed by atoms with van der Waals surface area (Å²) >= 11 is 0. The lowest BCUT2D eigenvalue weighted by molar-refractivity contribution is 0.563. The summed E-state index contributed by atoms with van der Waals surface area (Å²) in [6.45, 7) is 0. The Kier molecular flexibility index (Phi) is 2.59. The second-order valence-electron chi connectivity index (χ2n) is 3.19. The van der Waals surface area contributed by atoms with Gasteiger partial charge in [0.15, 0.2) is 0 Å². The smallest absolute Gasteiger partial charge is 0.233 e. The Hall–Kier alpha value is -1.96. The molecule has 0 saturated carbocycles. The zero-order valence-electron chi connectivity index (χ0n) is 7.91. The number of rotatable bonds is 2. The molecule has 0 atom stereocenters. The van der Waals surface area contributed by atoms with Crippen molar-refractivity contribution < 1.29 is 9.18 Å². The minimum atomic E-state index is -0.267. The number of benzene rings is 2. The first-order chi connectivity index (χ1) is 7.29. The quantitative estimate of drug-likeness (QED) is 0.726. The highest BCUT2D eigenvalue weighted by molar-refractivity contribution is 5.79. The van der Waals surface area contributed by atoms with Crippen LogP contribution in [0.3, 0.4) is 0 Å². The van der Waals surface area contributed by atoms with E-state index in [9.17, 15) is 9.18 Å². The highest BCUT2D eigenvalue weighted by atomic mass is 19.1. The summed E-state index contributed by atoms with van der Waals surface area (Å²) < 4.78 is 12.7. The van der Waals surface area contributed by atoms with E-state index in [1.54, 1.807) is 30.3 Å². The molecule has 0 aliphatic carbocycles. The highest BCUT2D eigenvalue weighted by Gasteiger charge is 1.99. The van der Waals surface area contributed by atoms with Crippen LogP contribution in [0, 0.1) is 5.82 Å². The molecule has 2 aromatic rings. The summed E-state index contributed by atoms with van der Waals surface area (Å²) in [7, 11) is 0.